The van der Waals surface area contributed by atoms with E-state index in [0.717, 1.165) is 25.1 Å². The first-order chi connectivity index (χ1) is 31.2. The zero-order valence-corrected chi connectivity index (χ0v) is 54.3. The van der Waals surface area contributed by atoms with E-state index in [2.05, 4.69) is 113 Å². The number of benzene rings is 4. The average Bonchev–Trinajstić information content (AvgIpc) is 3.21. The third-order valence-corrected chi connectivity index (χ3v) is 14.0. The van der Waals surface area contributed by atoms with Gasteiger partial charge in [0.25, 0.3) is 0 Å². The van der Waals surface area contributed by atoms with E-state index in [1.54, 1.807) is 18.7 Å². The Kier molecular flexibility index (Phi) is 23.0. The number of anilines is 4. The van der Waals surface area contributed by atoms with Gasteiger partial charge in [0, 0.05) is 62.8 Å². The molecule has 68 heavy (non-hydrogen) atoms. The van der Waals surface area contributed by atoms with Crippen LogP contribution in [0.4, 0.5) is 27.5 Å². The van der Waals surface area contributed by atoms with Crippen molar-refractivity contribution >= 4 is 185 Å². The molecule has 4 aromatic carbocycles. The Morgan fingerprint density at radius 2 is 1.01 bits per heavy atom. The maximum atomic E-state index is 12.6. The second kappa shape index (κ2) is 25.0. The Labute approximate surface area is 450 Å². The molecule has 0 fully saturated rings. The number of rotatable bonds is 19. The van der Waals surface area contributed by atoms with Crippen molar-refractivity contribution in [1.82, 2.24) is 20.4 Å². The van der Waals surface area contributed by atoms with Crippen LogP contribution in [-0.4, -0.2) is 68.9 Å². The molecule has 0 aromatic heterocycles. The van der Waals surface area contributed by atoms with Crippen LogP contribution in [0.2, 0.25) is 6.04 Å². The molecule has 2 amide bonds. The fourth-order valence-electron chi connectivity index (χ4n) is 7.18. The van der Waals surface area contributed by atoms with Gasteiger partial charge in [-0.25, -0.2) is 4.79 Å². The zero-order chi connectivity index (χ0) is 50.7. The number of urea groups is 1. The van der Waals surface area contributed by atoms with Crippen molar-refractivity contribution in [2.75, 3.05) is 26.2 Å². The van der Waals surface area contributed by atoms with Gasteiger partial charge < -0.3 is 24.7 Å². The van der Waals surface area contributed by atoms with Crippen LogP contribution < -0.4 is 20.4 Å². The van der Waals surface area contributed by atoms with Crippen LogP contribution >= 0.6 is 129 Å². The third kappa shape index (κ3) is 25.7. The summed E-state index contributed by atoms with van der Waals surface area (Å²) in [6, 6.07) is 29.1. The van der Waals surface area contributed by atoms with Crippen molar-refractivity contribution in [3.8, 4) is 11.1 Å². The molecular weight excluding hydrogens is 1400 g/mol. The molecule has 0 spiro atoms. The first-order valence-corrected chi connectivity index (χ1v) is 64.3. The quantitative estimate of drug-likeness (QED) is 0.0424. The predicted octanol–water partition coefficient (Wildman–Crippen LogP) is 18.3. The number of carbonyl (C=O) groups excluding carboxylic acids is 1. The van der Waals surface area contributed by atoms with Crippen molar-refractivity contribution in [1.29, 1.82) is 0 Å². The minimum atomic E-state index is -5.42. The van der Waals surface area contributed by atoms with Crippen LogP contribution in [0.15, 0.2) is 98.4 Å². The summed E-state index contributed by atoms with van der Waals surface area (Å²) in [6.45, 7) is 9.24. The molecule has 2 aliphatic rings. The number of nitrogens with zero attached hydrogens (tertiary/aromatic N) is 2. The number of amides is 2. The molecule has 2 radical (unpaired) electrons. The predicted molar refractivity (Wildman–Crippen MR) is 307 cm³/mol. The second-order valence-corrected chi connectivity index (χ2v) is 134. The van der Waals surface area contributed by atoms with E-state index in [1.165, 1.54) is 98.4 Å². The number of fused-ring (bicyclic) bond motifs is 4. The van der Waals surface area contributed by atoms with Crippen LogP contribution in [0.25, 0.3) is 11.1 Å². The summed E-state index contributed by atoms with van der Waals surface area (Å²) in [5, 5.41) is 5.79. The first-order valence-electron chi connectivity index (χ1n) is 21.8. The zero-order valence-electron chi connectivity index (χ0n) is 37.5. The molecular formula is C43H56Cl12N4O4S2Sb2Si. The van der Waals surface area contributed by atoms with Crippen molar-refractivity contribution in [2.45, 2.75) is 111 Å². The summed E-state index contributed by atoms with van der Waals surface area (Å²) in [5.41, 5.74) is 8.54. The Morgan fingerprint density at radius 3 is 1.50 bits per heavy atom. The minimum absolute atomic E-state index is 0.152. The van der Waals surface area contributed by atoms with Gasteiger partial charge in [-0.1, -0.05) is 91.1 Å². The molecule has 4 N–H and O–H groups in total. The summed E-state index contributed by atoms with van der Waals surface area (Å²) >= 11 is 3.68. The topological polar surface area (TPSA) is 103 Å². The molecule has 2 aliphatic heterocycles. The maximum absolute atomic E-state index is 12.6. The van der Waals surface area contributed by atoms with Gasteiger partial charge in [-0.2, -0.15) is 0 Å². The fourth-order valence-corrected chi connectivity index (χ4v) is 10.8. The molecule has 0 unspecified atom stereocenters. The molecule has 4 aromatic rings. The number of hydrogen-bond acceptors (Lipinski definition) is 8. The molecule has 382 valence electrons. The second-order valence-electron chi connectivity index (χ2n) is 16.1. The van der Waals surface area contributed by atoms with E-state index >= 15 is 0 Å². The average molecular weight is 1450 g/mol. The monoisotopic (exact) mass is 1450 g/mol. The van der Waals surface area contributed by atoms with E-state index in [4.69, 9.17) is 110 Å². The van der Waals surface area contributed by atoms with Crippen molar-refractivity contribution in [2.24, 2.45) is 0 Å². The van der Waals surface area contributed by atoms with E-state index in [1.807, 2.05) is 11.8 Å². The van der Waals surface area contributed by atoms with Crippen LogP contribution in [0.5, 0.6) is 0 Å². The SMILES string of the molecule is CCCCCC[N+]1c2ccccc2Sc2cc(-c3ccc4c(c3)Sc3cc(CNC(=O)NCCC[Si](O)(O)OCC)ccc3[N+]4CCCCCC)ccc21.[Cl][Sb-]([Cl])([Cl])([Cl])([Cl])[Cl].[Cl][Sb-]([Cl])([Cl])([Cl])([Cl])[Cl]. The van der Waals surface area contributed by atoms with Gasteiger partial charge in [0.1, 0.15) is 13.1 Å². The number of halogens is 12. The number of unbranched alkanes of at least 4 members (excludes halogenated alkanes) is 6. The van der Waals surface area contributed by atoms with E-state index in [9.17, 15) is 14.4 Å². The Hall–Kier alpha value is 1.98. The normalized spacial score (nSPS) is 15.8. The number of para-hydroxylation sites is 1. The Balaban J connectivity index is 0.000000626. The van der Waals surface area contributed by atoms with Gasteiger partial charge in [0.05, 0.1) is 19.6 Å². The molecule has 25 heteroatoms. The standard InChI is InChI=1S/C43H56N4O4S2Si.12ClH.2Sb/c1-4-7-9-13-25-46-35-16-11-12-17-39(35)52-41-29-33(19-22-37(41)46)34-20-23-38-42(30-34)53-40-28-32(18-21-36(40)47(38)26-14-10-8-5-2)31-45-43(48)44-24-15-27-54(49,50)51-6-3;;;;;;;;;;;;;;/h11-12,16-23,28-30,49-50H,4-10,13-15,24-27,31H2,1-3H3,(H2,44,45,48);12*1H;;/q+2;;;;;;;;;;;;;2*+5/p-12. The van der Waals surface area contributed by atoms with Gasteiger partial charge in [-0.05, 0) is 79.3 Å². The van der Waals surface area contributed by atoms with E-state index < -0.39 is 27.1 Å². The van der Waals surface area contributed by atoms with Gasteiger partial charge in [-0.3, -0.25) is 0 Å². The molecule has 6 rings (SSSR count). The molecule has 2 heterocycles. The molecule has 8 nitrogen and oxygen atoms in total. The van der Waals surface area contributed by atoms with Crippen molar-refractivity contribution < 1.29 is 18.8 Å². The summed E-state index contributed by atoms with van der Waals surface area (Å²) in [4.78, 5) is 42.4. The molecule has 0 saturated heterocycles. The third-order valence-electron chi connectivity index (χ3n) is 10.0. The molecule has 0 bridgehead atoms. The van der Waals surface area contributed by atoms with Crippen LogP contribution in [0, 0.1) is 0 Å². The summed E-state index contributed by atoms with van der Waals surface area (Å²) in [5.74, 6) is 0. The fraction of sp³-hybridized carbons (Fsp3) is 0.419. The Morgan fingerprint density at radius 1 is 0.574 bits per heavy atom. The van der Waals surface area contributed by atoms with Gasteiger partial charge in [0.2, 0.25) is 22.7 Å². The number of carbonyl (C=O) groups is 1. The van der Waals surface area contributed by atoms with Gasteiger partial charge >= 0.3 is 139 Å². The van der Waals surface area contributed by atoms with Crippen molar-refractivity contribution in [3.05, 3.63) is 84.4 Å². The van der Waals surface area contributed by atoms with E-state index in [-0.39, 0.29) is 18.7 Å². The summed E-state index contributed by atoms with van der Waals surface area (Å²) < 4.78 is 5.04. The summed E-state index contributed by atoms with van der Waals surface area (Å²) in [7, 11) is 46.3. The van der Waals surface area contributed by atoms with Crippen LogP contribution in [0.1, 0.15) is 84.1 Å². The van der Waals surface area contributed by atoms with Crippen LogP contribution in [0.3, 0.4) is 0 Å². The number of nitrogens with one attached hydrogen (secondary N) is 2. The van der Waals surface area contributed by atoms with Crippen molar-refractivity contribution in [3.63, 3.8) is 0 Å². The first kappa shape index (κ1) is 62.5. The number of hydrogen-bond donors (Lipinski definition) is 4. The Bertz CT molecular complexity index is 2310. The van der Waals surface area contributed by atoms with Gasteiger partial charge in [0.15, 0.2) is 0 Å². The molecule has 0 saturated carbocycles. The van der Waals surface area contributed by atoms with Crippen LogP contribution in [-0.2, 0) is 11.0 Å². The van der Waals surface area contributed by atoms with E-state index in [0.29, 0.717) is 19.5 Å². The molecule has 0 aliphatic carbocycles. The molecule has 0 atom stereocenters. The summed E-state index contributed by atoms with van der Waals surface area (Å²) in [6.07, 6.45) is 10.2. The van der Waals surface area contributed by atoms with Gasteiger partial charge in [-0.15, -0.1) is 0 Å².